The lowest BCUT2D eigenvalue weighted by Crippen LogP contribution is -2.24. The Morgan fingerprint density at radius 2 is 1.68 bits per heavy atom. The molecule has 3 aliphatic rings. The van der Waals surface area contributed by atoms with Crippen molar-refractivity contribution >= 4 is 0 Å². The molecule has 0 fully saturated rings. The highest BCUT2D eigenvalue weighted by Crippen LogP contribution is 2.55. The number of benzene rings is 3. The van der Waals surface area contributed by atoms with Gasteiger partial charge < -0.3 is 24.1 Å². The first-order valence-corrected chi connectivity index (χ1v) is 9.39. The lowest BCUT2D eigenvalue weighted by molar-refractivity contribution is 0.137. The van der Waals surface area contributed by atoms with Crippen molar-refractivity contribution in [2.45, 2.75) is 18.4 Å². The van der Waals surface area contributed by atoms with E-state index in [2.05, 4.69) is 0 Å². The lowest BCUT2D eigenvalue weighted by Gasteiger charge is -2.29. The van der Waals surface area contributed by atoms with Crippen molar-refractivity contribution in [3.63, 3.8) is 0 Å². The molecule has 140 valence electrons. The number of ether oxygens (including phenoxy) is 4. The maximum absolute atomic E-state index is 10.5. The molecular weight excluding hydrogens is 356 g/mol. The summed E-state index contributed by atoms with van der Waals surface area (Å²) in [6, 6.07) is 17.6. The van der Waals surface area contributed by atoms with Gasteiger partial charge in [-0.25, -0.2) is 0 Å². The van der Waals surface area contributed by atoms with Crippen molar-refractivity contribution in [2.75, 3.05) is 13.4 Å². The molecule has 6 rings (SSSR count). The van der Waals surface area contributed by atoms with Gasteiger partial charge in [0.25, 0.3) is 0 Å². The summed E-state index contributed by atoms with van der Waals surface area (Å²) in [6.07, 6.45) is 0.465. The fourth-order valence-electron chi connectivity index (χ4n) is 4.34. The van der Waals surface area contributed by atoms with Gasteiger partial charge in [-0.15, -0.1) is 0 Å². The summed E-state index contributed by atoms with van der Waals surface area (Å²) in [6.45, 7) is 0.739. The van der Waals surface area contributed by atoms with E-state index >= 15 is 0 Å². The largest absolute Gasteiger partial charge is 0.508 e. The number of hydrogen-bond donors (Lipinski definition) is 1. The van der Waals surface area contributed by atoms with E-state index in [1.54, 1.807) is 6.07 Å². The fraction of sp³-hybridized carbons (Fsp3) is 0.217. The molecule has 0 unspecified atom stereocenters. The van der Waals surface area contributed by atoms with E-state index < -0.39 is 0 Å². The van der Waals surface area contributed by atoms with E-state index in [0.29, 0.717) is 18.8 Å². The molecule has 0 saturated carbocycles. The number of fused-ring (bicyclic) bond motifs is 6. The normalized spacial score (nSPS) is 20.6. The zero-order valence-corrected chi connectivity index (χ0v) is 15.1. The molecule has 5 nitrogen and oxygen atoms in total. The highest BCUT2D eigenvalue weighted by Gasteiger charge is 2.43. The van der Waals surface area contributed by atoms with Crippen LogP contribution in [0.4, 0.5) is 0 Å². The SMILES string of the molecule is Oc1ccc2c(c1Cc1ccccc1)OC[C@H]1c3cc4c(cc3O[C@@H]21)OCO4. The van der Waals surface area contributed by atoms with Crippen LogP contribution in [0.5, 0.6) is 28.7 Å². The van der Waals surface area contributed by atoms with E-state index in [0.717, 1.165) is 39.5 Å². The average Bonchev–Trinajstić information content (AvgIpc) is 3.32. The molecule has 3 heterocycles. The maximum Gasteiger partial charge on any atom is 0.231 e. The summed E-state index contributed by atoms with van der Waals surface area (Å²) < 4.78 is 23.5. The minimum Gasteiger partial charge on any atom is -0.508 e. The molecule has 0 saturated heterocycles. The van der Waals surface area contributed by atoms with E-state index in [1.807, 2.05) is 48.5 Å². The number of hydrogen-bond acceptors (Lipinski definition) is 5. The van der Waals surface area contributed by atoms with E-state index in [4.69, 9.17) is 18.9 Å². The van der Waals surface area contributed by atoms with Gasteiger partial charge >= 0.3 is 0 Å². The molecule has 3 aromatic rings. The van der Waals surface area contributed by atoms with Crippen molar-refractivity contribution in [3.05, 3.63) is 76.9 Å². The van der Waals surface area contributed by atoms with Crippen molar-refractivity contribution in [1.29, 1.82) is 0 Å². The van der Waals surface area contributed by atoms with Crippen LogP contribution in [-0.4, -0.2) is 18.5 Å². The van der Waals surface area contributed by atoms with Gasteiger partial charge in [-0.1, -0.05) is 30.3 Å². The van der Waals surface area contributed by atoms with Gasteiger partial charge in [0, 0.05) is 29.2 Å². The minimum absolute atomic E-state index is 0.0890. The zero-order chi connectivity index (χ0) is 18.7. The first-order valence-electron chi connectivity index (χ1n) is 9.39. The average molecular weight is 374 g/mol. The van der Waals surface area contributed by atoms with Gasteiger partial charge in [0.2, 0.25) is 6.79 Å². The van der Waals surface area contributed by atoms with Crippen LogP contribution in [0.25, 0.3) is 0 Å². The monoisotopic (exact) mass is 374 g/mol. The second-order valence-electron chi connectivity index (χ2n) is 7.34. The zero-order valence-electron chi connectivity index (χ0n) is 15.1. The number of aromatic hydroxyl groups is 1. The van der Waals surface area contributed by atoms with Crippen molar-refractivity contribution in [1.82, 2.24) is 0 Å². The maximum atomic E-state index is 10.5. The van der Waals surface area contributed by atoms with E-state index in [-0.39, 0.29) is 24.6 Å². The van der Waals surface area contributed by atoms with Crippen LogP contribution in [-0.2, 0) is 6.42 Å². The van der Waals surface area contributed by atoms with Crippen LogP contribution >= 0.6 is 0 Å². The Labute approximate surface area is 162 Å². The Morgan fingerprint density at radius 3 is 2.54 bits per heavy atom. The summed E-state index contributed by atoms with van der Waals surface area (Å²) in [5, 5.41) is 10.5. The second-order valence-corrected chi connectivity index (χ2v) is 7.34. The Morgan fingerprint density at radius 1 is 0.857 bits per heavy atom. The fourth-order valence-corrected chi connectivity index (χ4v) is 4.34. The highest BCUT2D eigenvalue weighted by molar-refractivity contribution is 5.59. The third kappa shape index (κ3) is 2.26. The summed E-state index contributed by atoms with van der Waals surface area (Å²) in [4.78, 5) is 0. The van der Waals surface area contributed by atoms with Gasteiger partial charge in [0.1, 0.15) is 23.4 Å². The molecule has 0 spiro atoms. The van der Waals surface area contributed by atoms with E-state index in [9.17, 15) is 5.11 Å². The molecule has 0 aliphatic carbocycles. The molecule has 5 heteroatoms. The predicted molar refractivity (Wildman–Crippen MR) is 102 cm³/mol. The van der Waals surface area contributed by atoms with Crippen LogP contribution in [0.3, 0.4) is 0 Å². The Hall–Kier alpha value is -3.34. The van der Waals surface area contributed by atoms with E-state index in [1.165, 1.54) is 0 Å². The van der Waals surface area contributed by atoms with Crippen molar-refractivity contribution in [2.24, 2.45) is 0 Å². The Bertz CT molecular complexity index is 1080. The van der Waals surface area contributed by atoms with Gasteiger partial charge in [-0.2, -0.15) is 0 Å². The van der Waals surface area contributed by atoms with Gasteiger partial charge in [0.05, 0.1) is 12.5 Å². The van der Waals surface area contributed by atoms with Gasteiger partial charge in [-0.05, 0) is 23.8 Å². The lowest BCUT2D eigenvalue weighted by atomic mass is 9.87. The quantitative estimate of drug-likeness (QED) is 0.724. The van der Waals surface area contributed by atoms with Crippen molar-refractivity contribution in [3.8, 4) is 28.7 Å². The molecule has 0 amide bonds. The van der Waals surface area contributed by atoms with Gasteiger partial charge in [-0.3, -0.25) is 0 Å². The first-order chi connectivity index (χ1) is 13.8. The molecule has 3 aliphatic heterocycles. The molecule has 28 heavy (non-hydrogen) atoms. The summed E-state index contributed by atoms with van der Waals surface area (Å²) in [7, 11) is 0. The molecule has 0 aromatic heterocycles. The summed E-state index contributed by atoms with van der Waals surface area (Å²) >= 11 is 0. The minimum atomic E-state index is -0.142. The first kappa shape index (κ1) is 15.7. The topological polar surface area (TPSA) is 57.2 Å². The van der Waals surface area contributed by atoms with Crippen LogP contribution in [0.2, 0.25) is 0 Å². The van der Waals surface area contributed by atoms with Crippen LogP contribution < -0.4 is 18.9 Å². The number of phenols is 1. The standard InChI is InChI=1S/C23H18O5/c24-18-7-6-14-22(16(18)8-13-4-2-1-3-5-13)25-11-17-15-9-20-21(27-12-26-20)10-19(15)28-23(14)17/h1-7,9-10,17,23-24H,8,11-12H2/t17-,23-/m0/s1. The predicted octanol–water partition coefficient (Wildman–Crippen LogP) is 4.32. The molecular formula is C23H18O5. The smallest absolute Gasteiger partial charge is 0.231 e. The third-order valence-electron chi connectivity index (χ3n) is 5.73. The molecule has 0 radical (unpaired) electrons. The number of phenolic OH excluding ortho intramolecular Hbond substituents is 1. The van der Waals surface area contributed by atoms with Crippen molar-refractivity contribution < 1.29 is 24.1 Å². The number of rotatable bonds is 2. The molecule has 1 N–H and O–H groups in total. The van der Waals surface area contributed by atoms with Crippen LogP contribution in [0, 0.1) is 0 Å². The Balaban J connectivity index is 1.40. The molecule has 3 aromatic carbocycles. The second kappa shape index (κ2) is 5.83. The van der Waals surface area contributed by atoms with Gasteiger partial charge in [0.15, 0.2) is 11.5 Å². The van der Waals surface area contributed by atoms with Crippen LogP contribution in [0.15, 0.2) is 54.6 Å². The summed E-state index contributed by atoms with van der Waals surface area (Å²) in [5.74, 6) is 3.35. The summed E-state index contributed by atoms with van der Waals surface area (Å²) in [5.41, 5.74) is 3.98. The van der Waals surface area contributed by atoms with Crippen LogP contribution in [0.1, 0.15) is 34.3 Å². The highest BCUT2D eigenvalue weighted by atomic mass is 16.7. The molecule has 0 bridgehead atoms. The molecule has 2 atom stereocenters. The Kier molecular flexibility index (Phi) is 3.27. The third-order valence-corrected chi connectivity index (χ3v) is 5.73.